The van der Waals surface area contributed by atoms with Crippen LogP contribution in [0.3, 0.4) is 0 Å². The summed E-state index contributed by atoms with van der Waals surface area (Å²) in [6.45, 7) is 4.29. The van der Waals surface area contributed by atoms with Gasteiger partial charge in [-0.15, -0.1) is 11.3 Å². The molecule has 1 saturated heterocycles. The molecule has 5 heteroatoms. The Labute approximate surface area is 146 Å². The van der Waals surface area contributed by atoms with Gasteiger partial charge in [-0.1, -0.05) is 29.8 Å². The Balaban J connectivity index is 1.74. The lowest BCUT2D eigenvalue weighted by atomic mass is 9.97. The van der Waals surface area contributed by atoms with Gasteiger partial charge in [0.1, 0.15) is 5.01 Å². The Morgan fingerprint density at radius 3 is 2.70 bits per heavy atom. The molecular formula is C18H21ClN2OS. The molecule has 0 N–H and O–H groups in total. The number of carbonyl (C=O) groups excluding carboxylic acids is 1. The number of carbonyl (C=O) groups is 1. The van der Waals surface area contributed by atoms with E-state index in [0.717, 1.165) is 29.1 Å². The summed E-state index contributed by atoms with van der Waals surface area (Å²) < 4.78 is 0. The molecule has 2 atom stereocenters. The first-order valence-corrected chi connectivity index (χ1v) is 9.32. The van der Waals surface area contributed by atoms with Gasteiger partial charge < -0.3 is 4.90 Å². The van der Waals surface area contributed by atoms with E-state index in [1.807, 2.05) is 34.5 Å². The van der Waals surface area contributed by atoms with Crippen molar-refractivity contribution in [1.29, 1.82) is 0 Å². The number of halogens is 1. The molecule has 1 aliphatic heterocycles. The third-order valence-corrected chi connectivity index (χ3v) is 5.72. The third-order valence-electron chi connectivity index (χ3n) is 4.47. The van der Waals surface area contributed by atoms with E-state index in [1.54, 1.807) is 11.3 Å². The minimum Gasteiger partial charge on any atom is -0.337 e. The van der Waals surface area contributed by atoms with E-state index in [1.165, 1.54) is 6.42 Å². The van der Waals surface area contributed by atoms with Gasteiger partial charge in [0.15, 0.2) is 0 Å². The maximum Gasteiger partial charge on any atom is 0.229 e. The minimum atomic E-state index is 0.181. The van der Waals surface area contributed by atoms with Crippen LogP contribution in [-0.4, -0.2) is 27.9 Å². The average Bonchev–Trinajstić information content (AvgIpc) is 2.95. The Morgan fingerprint density at radius 1 is 1.30 bits per heavy atom. The maximum absolute atomic E-state index is 12.7. The summed E-state index contributed by atoms with van der Waals surface area (Å²) in [7, 11) is 0. The van der Waals surface area contributed by atoms with E-state index in [-0.39, 0.29) is 5.91 Å². The second kappa shape index (κ2) is 7.02. The molecule has 1 fully saturated rings. The number of piperidine rings is 1. The van der Waals surface area contributed by atoms with Crippen molar-refractivity contribution < 1.29 is 4.79 Å². The molecule has 2 heterocycles. The molecule has 1 amide bonds. The summed E-state index contributed by atoms with van der Waals surface area (Å²) in [5.41, 5.74) is 1.76. The van der Waals surface area contributed by atoms with Crippen molar-refractivity contribution in [3.8, 4) is 10.6 Å². The van der Waals surface area contributed by atoms with Crippen molar-refractivity contribution in [3.63, 3.8) is 0 Å². The molecule has 0 bridgehead atoms. The van der Waals surface area contributed by atoms with Gasteiger partial charge in [0.05, 0.1) is 17.1 Å². The predicted octanol–water partition coefficient (Wildman–Crippen LogP) is 4.80. The van der Waals surface area contributed by atoms with Crippen LogP contribution in [0, 0.1) is 0 Å². The highest BCUT2D eigenvalue weighted by molar-refractivity contribution is 7.13. The molecule has 1 aromatic heterocycles. The molecule has 0 spiro atoms. The minimum absolute atomic E-state index is 0.181. The van der Waals surface area contributed by atoms with E-state index in [9.17, 15) is 4.79 Å². The van der Waals surface area contributed by atoms with E-state index in [0.29, 0.717) is 23.5 Å². The Bertz CT molecular complexity index is 690. The average molecular weight is 349 g/mol. The molecule has 1 aliphatic rings. The van der Waals surface area contributed by atoms with Crippen LogP contribution in [0.2, 0.25) is 5.02 Å². The highest BCUT2D eigenvalue weighted by Gasteiger charge is 2.29. The first kappa shape index (κ1) is 16.5. The molecule has 23 heavy (non-hydrogen) atoms. The highest BCUT2D eigenvalue weighted by atomic mass is 35.5. The maximum atomic E-state index is 12.7. The van der Waals surface area contributed by atoms with Gasteiger partial charge >= 0.3 is 0 Å². The fraction of sp³-hybridized carbons (Fsp3) is 0.444. The van der Waals surface area contributed by atoms with Crippen molar-refractivity contribution in [1.82, 2.24) is 9.88 Å². The van der Waals surface area contributed by atoms with E-state index in [2.05, 4.69) is 18.8 Å². The van der Waals surface area contributed by atoms with Gasteiger partial charge in [-0.2, -0.15) is 0 Å². The van der Waals surface area contributed by atoms with E-state index < -0.39 is 0 Å². The second-order valence-electron chi connectivity index (χ2n) is 6.23. The molecular weight excluding hydrogens is 328 g/mol. The van der Waals surface area contributed by atoms with Gasteiger partial charge in [-0.3, -0.25) is 4.79 Å². The first-order chi connectivity index (χ1) is 11.1. The molecule has 3 nitrogen and oxygen atoms in total. The topological polar surface area (TPSA) is 33.2 Å². The number of nitrogens with zero attached hydrogens (tertiary/aromatic N) is 2. The number of amides is 1. The van der Waals surface area contributed by atoms with Gasteiger partial charge in [0.2, 0.25) is 5.91 Å². The third kappa shape index (κ3) is 3.59. The standard InChI is InChI=1S/C18H21ClN2OS/c1-12-6-5-7-13(2)21(12)17(22)10-14-11-23-18(20-14)15-8-3-4-9-16(15)19/h3-4,8-9,11-13H,5-7,10H2,1-2H3. The second-order valence-corrected chi connectivity index (χ2v) is 7.50. The molecule has 3 rings (SSSR count). The number of hydrogen-bond acceptors (Lipinski definition) is 3. The molecule has 122 valence electrons. The zero-order valence-corrected chi connectivity index (χ0v) is 15.0. The smallest absolute Gasteiger partial charge is 0.229 e. The summed E-state index contributed by atoms with van der Waals surface area (Å²) in [5, 5.41) is 3.53. The monoisotopic (exact) mass is 348 g/mol. The van der Waals surface area contributed by atoms with E-state index in [4.69, 9.17) is 11.6 Å². The van der Waals surface area contributed by atoms with Gasteiger partial charge in [0.25, 0.3) is 0 Å². The lowest BCUT2D eigenvalue weighted by Gasteiger charge is -2.39. The van der Waals surface area contributed by atoms with Crippen LogP contribution in [-0.2, 0) is 11.2 Å². The van der Waals surface area contributed by atoms with Crippen LogP contribution in [0.25, 0.3) is 10.6 Å². The summed E-state index contributed by atoms with van der Waals surface area (Å²) in [5.74, 6) is 0.181. The SMILES string of the molecule is CC1CCCC(C)N1C(=O)Cc1csc(-c2ccccc2Cl)n1. The Kier molecular flexibility index (Phi) is 5.02. The van der Waals surface area contributed by atoms with Crippen molar-refractivity contribution in [2.24, 2.45) is 0 Å². The summed E-state index contributed by atoms with van der Waals surface area (Å²) >= 11 is 7.77. The molecule has 0 saturated carbocycles. The Morgan fingerprint density at radius 2 is 2.00 bits per heavy atom. The van der Waals surface area contributed by atoms with Crippen molar-refractivity contribution in [2.75, 3.05) is 0 Å². The highest BCUT2D eigenvalue weighted by Crippen LogP contribution is 2.30. The molecule has 0 aliphatic carbocycles. The van der Waals surface area contributed by atoms with Crippen LogP contribution in [0.15, 0.2) is 29.6 Å². The van der Waals surface area contributed by atoms with Crippen molar-refractivity contribution >= 4 is 28.8 Å². The number of thiazole rings is 1. The van der Waals surface area contributed by atoms with Crippen LogP contribution in [0.4, 0.5) is 0 Å². The number of likely N-dealkylation sites (tertiary alicyclic amines) is 1. The zero-order chi connectivity index (χ0) is 16.4. The van der Waals surface area contributed by atoms with Crippen LogP contribution < -0.4 is 0 Å². The zero-order valence-electron chi connectivity index (χ0n) is 13.5. The first-order valence-electron chi connectivity index (χ1n) is 8.06. The summed E-state index contributed by atoms with van der Waals surface area (Å²) in [6, 6.07) is 8.33. The largest absolute Gasteiger partial charge is 0.337 e. The normalized spacial score (nSPS) is 21.4. The van der Waals surface area contributed by atoms with Crippen molar-refractivity contribution in [3.05, 3.63) is 40.4 Å². The molecule has 2 aromatic rings. The lowest BCUT2D eigenvalue weighted by molar-refractivity contribution is -0.136. The molecule has 0 radical (unpaired) electrons. The Hall–Kier alpha value is -1.39. The number of hydrogen-bond donors (Lipinski definition) is 0. The van der Waals surface area contributed by atoms with Gasteiger partial charge in [-0.05, 0) is 39.2 Å². The number of aromatic nitrogens is 1. The van der Waals surface area contributed by atoms with Crippen LogP contribution >= 0.6 is 22.9 Å². The fourth-order valence-electron chi connectivity index (χ4n) is 3.31. The molecule has 1 aromatic carbocycles. The predicted molar refractivity (Wildman–Crippen MR) is 95.9 cm³/mol. The quantitative estimate of drug-likeness (QED) is 0.798. The van der Waals surface area contributed by atoms with Crippen LogP contribution in [0.1, 0.15) is 38.8 Å². The lowest BCUT2D eigenvalue weighted by Crippen LogP contribution is -2.48. The number of rotatable bonds is 3. The summed E-state index contributed by atoms with van der Waals surface area (Å²) in [6.07, 6.45) is 3.77. The van der Waals surface area contributed by atoms with Crippen LogP contribution in [0.5, 0.6) is 0 Å². The number of benzene rings is 1. The summed E-state index contributed by atoms with van der Waals surface area (Å²) in [4.78, 5) is 19.3. The molecule has 2 unspecified atom stereocenters. The van der Waals surface area contributed by atoms with Gasteiger partial charge in [0, 0.05) is 23.0 Å². The fourth-order valence-corrected chi connectivity index (χ4v) is 4.45. The van der Waals surface area contributed by atoms with E-state index >= 15 is 0 Å². The van der Waals surface area contributed by atoms with Crippen molar-refractivity contribution in [2.45, 2.75) is 51.6 Å². The van der Waals surface area contributed by atoms with Gasteiger partial charge in [-0.25, -0.2) is 4.98 Å².